The van der Waals surface area contributed by atoms with E-state index in [9.17, 15) is 8.42 Å². The molecule has 10 heteroatoms. The Morgan fingerprint density at radius 3 is 2.63 bits per heavy atom. The molecule has 8 nitrogen and oxygen atoms in total. The highest BCUT2D eigenvalue weighted by Gasteiger charge is 2.09. The standard InChI is InChI=1S/C9H16ClN5O3S/c1-3-12-19(16,17)6-5-11-8-13-7(10)14-9(15-8)18-4-2/h12H,3-6H2,1-2H3,(H,11,13,14,15). The SMILES string of the molecule is CCNS(=O)(=O)CCNc1nc(Cl)nc(OCC)n1. The summed E-state index contributed by atoms with van der Waals surface area (Å²) in [6.45, 7) is 4.41. The van der Waals surface area contributed by atoms with Gasteiger partial charge in [0.15, 0.2) is 0 Å². The van der Waals surface area contributed by atoms with Crippen LogP contribution in [0.5, 0.6) is 6.01 Å². The molecule has 0 aliphatic carbocycles. The Hall–Kier alpha value is -1.19. The van der Waals surface area contributed by atoms with Gasteiger partial charge in [-0.25, -0.2) is 13.1 Å². The molecule has 1 aromatic heterocycles. The molecule has 0 spiro atoms. The Morgan fingerprint density at radius 1 is 1.26 bits per heavy atom. The van der Waals surface area contributed by atoms with Gasteiger partial charge in [-0.1, -0.05) is 6.92 Å². The van der Waals surface area contributed by atoms with Crippen LogP contribution in [0, 0.1) is 0 Å². The quantitative estimate of drug-likeness (QED) is 0.710. The summed E-state index contributed by atoms with van der Waals surface area (Å²) in [6.07, 6.45) is 0. The van der Waals surface area contributed by atoms with E-state index in [0.29, 0.717) is 13.2 Å². The van der Waals surface area contributed by atoms with Crippen LogP contribution in [0.3, 0.4) is 0 Å². The largest absolute Gasteiger partial charge is 0.464 e. The zero-order valence-corrected chi connectivity index (χ0v) is 12.3. The first kappa shape index (κ1) is 15.9. The number of nitrogens with one attached hydrogen (secondary N) is 2. The Bertz CT molecular complexity index is 511. The van der Waals surface area contributed by atoms with Gasteiger partial charge < -0.3 is 10.1 Å². The lowest BCUT2D eigenvalue weighted by Crippen LogP contribution is -2.29. The summed E-state index contributed by atoms with van der Waals surface area (Å²) in [4.78, 5) is 11.5. The smallest absolute Gasteiger partial charge is 0.322 e. The molecular formula is C9H16ClN5O3S. The maximum atomic E-state index is 11.4. The topological polar surface area (TPSA) is 106 Å². The fourth-order valence-corrected chi connectivity index (χ4v) is 2.30. The molecule has 0 bridgehead atoms. The van der Waals surface area contributed by atoms with Crippen LogP contribution >= 0.6 is 11.6 Å². The van der Waals surface area contributed by atoms with E-state index < -0.39 is 10.0 Å². The first-order valence-electron chi connectivity index (χ1n) is 5.72. The summed E-state index contributed by atoms with van der Waals surface area (Å²) in [5.41, 5.74) is 0. The van der Waals surface area contributed by atoms with Crippen molar-refractivity contribution in [2.24, 2.45) is 0 Å². The van der Waals surface area contributed by atoms with E-state index >= 15 is 0 Å². The van der Waals surface area contributed by atoms with E-state index in [2.05, 4.69) is 25.0 Å². The summed E-state index contributed by atoms with van der Waals surface area (Å²) in [6, 6.07) is 0.0968. The number of halogens is 1. The van der Waals surface area contributed by atoms with Crippen LogP contribution in [0.4, 0.5) is 5.95 Å². The van der Waals surface area contributed by atoms with Crippen molar-refractivity contribution in [1.29, 1.82) is 0 Å². The van der Waals surface area contributed by atoms with Crippen molar-refractivity contribution in [2.75, 3.05) is 30.8 Å². The molecule has 0 aliphatic rings. The number of anilines is 1. The number of hydrogen-bond acceptors (Lipinski definition) is 7. The summed E-state index contributed by atoms with van der Waals surface area (Å²) in [5.74, 6) is 0.0869. The number of ether oxygens (including phenoxy) is 1. The van der Waals surface area contributed by atoms with Crippen LogP contribution in [0.2, 0.25) is 5.28 Å². The molecular weight excluding hydrogens is 294 g/mol. The number of hydrogen-bond donors (Lipinski definition) is 2. The first-order chi connectivity index (χ1) is 8.96. The second-order valence-corrected chi connectivity index (χ2v) is 5.65. The van der Waals surface area contributed by atoms with Gasteiger partial charge in [-0.2, -0.15) is 15.0 Å². The molecule has 0 aromatic carbocycles. The van der Waals surface area contributed by atoms with Crippen molar-refractivity contribution in [3.63, 3.8) is 0 Å². The van der Waals surface area contributed by atoms with Gasteiger partial charge in [0.25, 0.3) is 0 Å². The van der Waals surface area contributed by atoms with Gasteiger partial charge in [-0.15, -0.1) is 0 Å². The average molecular weight is 310 g/mol. The van der Waals surface area contributed by atoms with Crippen LogP contribution in [-0.2, 0) is 10.0 Å². The molecule has 0 saturated heterocycles. The molecule has 1 heterocycles. The molecule has 0 radical (unpaired) electrons. The summed E-state index contributed by atoms with van der Waals surface area (Å²) >= 11 is 5.69. The highest BCUT2D eigenvalue weighted by Crippen LogP contribution is 2.10. The van der Waals surface area contributed by atoms with Gasteiger partial charge in [0, 0.05) is 13.1 Å². The van der Waals surface area contributed by atoms with Gasteiger partial charge in [0.1, 0.15) is 0 Å². The van der Waals surface area contributed by atoms with E-state index in [-0.39, 0.29) is 29.5 Å². The Kier molecular flexibility index (Phi) is 6.19. The number of aromatic nitrogens is 3. The molecule has 108 valence electrons. The molecule has 0 aliphatic heterocycles. The zero-order valence-electron chi connectivity index (χ0n) is 10.7. The van der Waals surface area contributed by atoms with Crippen LogP contribution in [-0.4, -0.2) is 48.8 Å². The minimum Gasteiger partial charge on any atom is -0.464 e. The number of nitrogens with zero attached hydrogens (tertiary/aromatic N) is 3. The van der Waals surface area contributed by atoms with Crippen LogP contribution in [0.15, 0.2) is 0 Å². The van der Waals surface area contributed by atoms with Crippen molar-refractivity contribution in [2.45, 2.75) is 13.8 Å². The fraction of sp³-hybridized carbons (Fsp3) is 0.667. The van der Waals surface area contributed by atoms with Crippen LogP contribution in [0.25, 0.3) is 0 Å². The van der Waals surface area contributed by atoms with Gasteiger partial charge >= 0.3 is 6.01 Å². The molecule has 2 N–H and O–H groups in total. The lowest BCUT2D eigenvalue weighted by atomic mass is 10.7. The summed E-state index contributed by atoms with van der Waals surface area (Å²) < 4.78 is 30.3. The monoisotopic (exact) mass is 309 g/mol. The van der Waals surface area contributed by atoms with E-state index in [1.54, 1.807) is 13.8 Å². The average Bonchev–Trinajstić information content (AvgIpc) is 2.28. The fourth-order valence-electron chi connectivity index (χ4n) is 1.19. The minimum absolute atomic E-state index is 0.0181. The zero-order chi connectivity index (χ0) is 14.3. The van der Waals surface area contributed by atoms with Gasteiger partial charge in [0.05, 0.1) is 12.4 Å². The molecule has 1 aromatic rings. The maximum Gasteiger partial charge on any atom is 0.322 e. The normalized spacial score (nSPS) is 11.3. The van der Waals surface area contributed by atoms with Crippen molar-refractivity contribution in [1.82, 2.24) is 19.7 Å². The molecule has 1 rings (SSSR count). The van der Waals surface area contributed by atoms with E-state index in [1.165, 1.54) is 0 Å². The van der Waals surface area contributed by atoms with E-state index in [1.807, 2.05) is 0 Å². The molecule has 0 atom stereocenters. The van der Waals surface area contributed by atoms with Gasteiger partial charge in [-0.3, -0.25) is 0 Å². The molecule has 0 fully saturated rings. The van der Waals surface area contributed by atoms with E-state index in [0.717, 1.165) is 0 Å². The molecule has 0 saturated carbocycles. The van der Waals surface area contributed by atoms with Crippen molar-refractivity contribution in [3.05, 3.63) is 5.28 Å². The first-order valence-corrected chi connectivity index (χ1v) is 7.75. The third-order valence-electron chi connectivity index (χ3n) is 1.88. The Morgan fingerprint density at radius 2 is 2.00 bits per heavy atom. The predicted molar refractivity (Wildman–Crippen MR) is 72.0 cm³/mol. The number of sulfonamides is 1. The van der Waals surface area contributed by atoms with E-state index in [4.69, 9.17) is 16.3 Å². The third kappa shape index (κ3) is 5.99. The molecule has 0 unspecified atom stereocenters. The lowest BCUT2D eigenvalue weighted by molar-refractivity contribution is 0.312. The lowest BCUT2D eigenvalue weighted by Gasteiger charge is -2.07. The number of rotatable bonds is 8. The second-order valence-electron chi connectivity index (χ2n) is 3.39. The van der Waals surface area contributed by atoms with Crippen LogP contribution < -0.4 is 14.8 Å². The van der Waals surface area contributed by atoms with Crippen molar-refractivity contribution < 1.29 is 13.2 Å². The van der Waals surface area contributed by atoms with Gasteiger partial charge in [-0.05, 0) is 18.5 Å². The Labute approximate surface area is 117 Å². The summed E-state index contributed by atoms with van der Waals surface area (Å²) in [7, 11) is -3.28. The third-order valence-corrected chi connectivity index (χ3v) is 3.52. The molecule has 19 heavy (non-hydrogen) atoms. The predicted octanol–water partition coefficient (Wildman–Crippen LogP) is 0.275. The highest BCUT2D eigenvalue weighted by atomic mass is 35.5. The van der Waals surface area contributed by atoms with Gasteiger partial charge in [0.2, 0.25) is 21.3 Å². The second kappa shape index (κ2) is 7.41. The highest BCUT2D eigenvalue weighted by molar-refractivity contribution is 7.89. The maximum absolute atomic E-state index is 11.4. The Balaban J connectivity index is 2.58. The molecule has 0 amide bonds. The summed E-state index contributed by atoms with van der Waals surface area (Å²) in [5, 5.41) is 2.73. The minimum atomic E-state index is -3.28. The van der Waals surface area contributed by atoms with Crippen molar-refractivity contribution in [3.8, 4) is 6.01 Å². The van der Waals surface area contributed by atoms with Crippen LogP contribution in [0.1, 0.15) is 13.8 Å². The van der Waals surface area contributed by atoms with Crippen molar-refractivity contribution >= 4 is 27.6 Å².